The molecule has 0 saturated carbocycles. The molecule has 0 aliphatic heterocycles. The van der Waals surface area contributed by atoms with Crippen molar-refractivity contribution in [3.8, 4) is 0 Å². The minimum atomic E-state index is -0.630. The van der Waals surface area contributed by atoms with Crippen molar-refractivity contribution in [3.05, 3.63) is 18.0 Å². The van der Waals surface area contributed by atoms with E-state index >= 15 is 0 Å². The molecule has 1 aromatic rings. The summed E-state index contributed by atoms with van der Waals surface area (Å²) < 4.78 is 1.97. The Bertz CT molecular complexity index is 304. The molecule has 1 heterocycles. The third kappa shape index (κ3) is 3.34. The lowest BCUT2D eigenvalue weighted by Gasteiger charge is -2.19. The fourth-order valence-electron chi connectivity index (χ4n) is 1.42. The van der Waals surface area contributed by atoms with Gasteiger partial charge in [0.05, 0.1) is 11.3 Å². The minimum Gasteiger partial charge on any atom is -0.390 e. The van der Waals surface area contributed by atoms with E-state index in [0.29, 0.717) is 12.5 Å². The molecule has 0 radical (unpaired) electrons. The third-order valence-corrected chi connectivity index (χ3v) is 3.03. The largest absolute Gasteiger partial charge is 0.390 e. The van der Waals surface area contributed by atoms with Crippen LogP contribution in [0.15, 0.2) is 12.3 Å². The smallest absolute Gasteiger partial charge is 0.0673 e. The van der Waals surface area contributed by atoms with Crippen molar-refractivity contribution < 1.29 is 5.11 Å². The number of hydrogen-bond donors (Lipinski definition) is 1. The maximum absolute atomic E-state index is 9.93. The van der Waals surface area contributed by atoms with Crippen LogP contribution < -0.4 is 0 Å². The van der Waals surface area contributed by atoms with Crippen molar-refractivity contribution in [2.45, 2.75) is 58.6 Å². The summed E-state index contributed by atoms with van der Waals surface area (Å²) in [4.78, 5) is 0. The Morgan fingerprint density at radius 1 is 1.53 bits per heavy atom. The Morgan fingerprint density at radius 3 is 2.73 bits per heavy atom. The van der Waals surface area contributed by atoms with E-state index < -0.39 is 5.60 Å². The zero-order chi connectivity index (χ0) is 11.5. The van der Waals surface area contributed by atoms with Crippen LogP contribution in [-0.4, -0.2) is 20.5 Å². The van der Waals surface area contributed by atoms with E-state index in [1.165, 1.54) is 0 Å². The van der Waals surface area contributed by atoms with E-state index in [1.54, 1.807) is 0 Å². The van der Waals surface area contributed by atoms with Gasteiger partial charge in [0.25, 0.3) is 0 Å². The molecule has 0 spiro atoms. The first-order valence-electron chi connectivity index (χ1n) is 5.75. The van der Waals surface area contributed by atoms with Gasteiger partial charge in [0.1, 0.15) is 0 Å². The van der Waals surface area contributed by atoms with Gasteiger partial charge < -0.3 is 5.11 Å². The monoisotopic (exact) mass is 210 g/mol. The Hall–Kier alpha value is -0.830. The summed E-state index contributed by atoms with van der Waals surface area (Å²) in [5, 5.41) is 14.4. The van der Waals surface area contributed by atoms with E-state index in [-0.39, 0.29) is 0 Å². The normalized spacial score (nSPS) is 17.4. The molecular weight excluding hydrogens is 188 g/mol. The van der Waals surface area contributed by atoms with Crippen LogP contribution in [-0.2, 0) is 6.42 Å². The predicted octanol–water partition coefficient (Wildman–Crippen LogP) is 2.56. The summed E-state index contributed by atoms with van der Waals surface area (Å²) in [5.41, 5.74) is 0.344. The first-order chi connectivity index (χ1) is 6.98. The van der Waals surface area contributed by atoms with Crippen molar-refractivity contribution >= 4 is 0 Å². The highest BCUT2D eigenvalue weighted by Gasteiger charge is 2.19. The number of rotatable bonds is 5. The molecule has 0 fully saturated rings. The molecule has 3 heteroatoms. The van der Waals surface area contributed by atoms with E-state index in [0.717, 1.165) is 18.5 Å². The summed E-state index contributed by atoms with van der Waals surface area (Å²) in [6, 6.07) is 2.43. The fraction of sp³-hybridized carbons (Fsp3) is 0.750. The van der Waals surface area contributed by atoms with Crippen LogP contribution in [0, 0.1) is 0 Å². The molecule has 3 nitrogen and oxygen atoms in total. The van der Waals surface area contributed by atoms with E-state index in [9.17, 15) is 5.11 Å². The number of nitrogens with zero attached hydrogens (tertiary/aromatic N) is 2. The summed E-state index contributed by atoms with van der Waals surface area (Å²) in [6.07, 6.45) is 4.46. The van der Waals surface area contributed by atoms with Gasteiger partial charge in [-0.25, -0.2) is 0 Å². The molecule has 0 aromatic carbocycles. The SMILES string of the molecule is CCC(C)n1ccc(CC(C)(O)CC)n1. The highest BCUT2D eigenvalue weighted by atomic mass is 16.3. The molecule has 86 valence electrons. The molecule has 1 aromatic heterocycles. The molecule has 0 saturated heterocycles. The Balaban J connectivity index is 2.68. The second kappa shape index (κ2) is 4.79. The zero-order valence-corrected chi connectivity index (χ0v) is 10.2. The first kappa shape index (κ1) is 12.2. The van der Waals surface area contributed by atoms with Crippen LogP contribution in [0.1, 0.15) is 52.3 Å². The quantitative estimate of drug-likeness (QED) is 0.811. The lowest BCUT2D eigenvalue weighted by Crippen LogP contribution is -2.26. The highest BCUT2D eigenvalue weighted by molar-refractivity contribution is 5.03. The number of hydrogen-bond acceptors (Lipinski definition) is 2. The van der Waals surface area contributed by atoms with Gasteiger partial charge in [0.2, 0.25) is 0 Å². The van der Waals surface area contributed by atoms with Gasteiger partial charge in [-0.3, -0.25) is 4.68 Å². The maximum Gasteiger partial charge on any atom is 0.0673 e. The van der Waals surface area contributed by atoms with Crippen LogP contribution in [0.4, 0.5) is 0 Å². The molecule has 2 atom stereocenters. The fourth-order valence-corrected chi connectivity index (χ4v) is 1.42. The lowest BCUT2D eigenvalue weighted by atomic mass is 9.97. The van der Waals surface area contributed by atoms with E-state index in [1.807, 2.05) is 30.8 Å². The van der Waals surface area contributed by atoms with Gasteiger partial charge in [0, 0.05) is 18.7 Å². The molecule has 0 amide bonds. The van der Waals surface area contributed by atoms with Gasteiger partial charge in [-0.05, 0) is 32.8 Å². The Morgan fingerprint density at radius 2 is 2.20 bits per heavy atom. The second-order valence-electron chi connectivity index (χ2n) is 4.57. The Kier molecular flexibility index (Phi) is 3.91. The minimum absolute atomic E-state index is 0.435. The molecule has 1 N–H and O–H groups in total. The van der Waals surface area contributed by atoms with Crippen molar-refractivity contribution in [1.82, 2.24) is 9.78 Å². The van der Waals surface area contributed by atoms with Gasteiger partial charge in [0.15, 0.2) is 0 Å². The molecule has 2 unspecified atom stereocenters. The summed E-state index contributed by atoms with van der Waals surface area (Å²) >= 11 is 0. The van der Waals surface area contributed by atoms with Crippen LogP contribution in [0.2, 0.25) is 0 Å². The van der Waals surface area contributed by atoms with Gasteiger partial charge >= 0.3 is 0 Å². The average molecular weight is 210 g/mol. The molecule has 1 rings (SSSR count). The van der Waals surface area contributed by atoms with Crippen molar-refractivity contribution in [1.29, 1.82) is 0 Å². The van der Waals surface area contributed by atoms with Crippen molar-refractivity contribution in [2.75, 3.05) is 0 Å². The molecule has 0 aliphatic carbocycles. The van der Waals surface area contributed by atoms with Crippen molar-refractivity contribution in [3.63, 3.8) is 0 Å². The summed E-state index contributed by atoms with van der Waals surface area (Å²) in [7, 11) is 0. The van der Waals surface area contributed by atoms with Crippen LogP contribution in [0.5, 0.6) is 0 Å². The summed E-state index contributed by atoms with van der Waals surface area (Å²) in [5.74, 6) is 0. The molecular formula is C12H22N2O. The standard InChI is InChI=1S/C12H22N2O/c1-5-10(3)14-8-7-11(13-14)9-12(4,15)6-2/h7-8,10,15H,5-6,9H2,1-4H3. The summed E-state index contributed by atoms with van der Waals surface area (Å²) in [6.45, 7) is 8.14. The lowest BCUT2D eigenvalue weighted by molar-refractivity contribution is 0.0552. The Labute approximate surface area is 92.1 Å². The second-order valence-corrected chi connectivity index (χ2v) is 4.57. The number of aliphatic hydroxyl groups is 1. The maximum atomic E-state index is 9.93. The first-order valence-corrected chi connectivity index (χ1v) is 5.75. The van der Waals surface area contributed by atoms with Gasteiger partial charge in [-0.1, -0.05) is 13.8 Å². The highest BCUT2D eigenvalue weighted by Crippen LogP contribution is 2.16. The van der Waals surface area contributed by atoms with Gasteiger partial charge in [-0.15, -0.1) is 0 Å². The molecule has 15 heavy (non-hydrogen) atoms. The van der Waals surface area contributed by atoms with Crippen molar-refractivity contribution in [2.24, 2.45) is 0 Å². The molecule has 0 aliphatic rings. The van der Waals surface area contributed by atoms with E-state index in [2.05, 4.69) is 18.9 Å². The number of aromatic nitrogens is 2. The predicted molar refractivity (Wildman–Crippen MR) is 61.8 cm³/mol. The van der Waals surface area contributed by atoms with Crippen LogP contribution in [0.3, 0.4) is 0 Å². The van der Waals surface area contributed by atoms with Crippen LogP contribution >= 0.6 is 0 Å². The van der Waals surface area contributed by atoms with E-state index in [4.69, 9.17) is 0 Å². The average Bonchev–Trinajstić information content (AvgIpc) is 2.64. The third-order valence-electron chi connectivity index (χ3n) is 3.03. The zero-order valence-electron chi connectivity index (χ0n) is 10.2. The topological polar surface area (TPSA) is 38.0 Å². The van der Waals surface area contributed by atoms with Gasteiger partial charge in [-0.2, -0.15) is 5.10 Å². The molecule has 0 bridgehead atoms. The van der Waals surface area contributed by atoms with Crippen LogP contribution in [0.25, 0.3) is 0 Å².